The normalized spacial score (nSPS) is 10.9. The molecule has 1 amide bonds. The van der Waals surface area contributed by atoms with Crippen LogP contribution in [-0.2, 0) is 6.42 Å². The Morgan fingerprint density at radius 2 is 2.14 bits per heavy atom. The van der Waals surface area contributed by atoms with E-state index in [4.69, 9.17) is 0 Å². The van der Waals surface area contributed by atoms with Crippen molar-refractivity contribution in [3.8, 4) is 5.75 Å². The van der Waals surface area contributed by atoms with Crippen molar-refractivity contribution < 1.29 is 9.90 Å². The van der Waals surface area contributed by atoms with Gasteiger partial charge in [-0.05, 0) is 29.3 Å². The van der Waals surface area contributed by atoms with Gasteiger partial charge in [0.25, 0.3) is 11.5 Å². The number of carbonyl (C=O) groups is 1. The van der Waals surface area contributed by atoms with Crippen LogP contribution in [0.3, 0.4) is 0 Å². The fourth-order valence-electron chi connectivity index (χ4n) is 2.05. The van der Waals surface area contributed by atoms with Crippen LogP contribution in [0, 0.1) is 0 Å². The van der Waals surface area contributed by atoms with Crippen molar-refractivity contribution in [2.24, 2.45) is 0 Å². The number of carbonyl (C=O) groups excluding carboxylic acids is 1. The predicted molar refractivity (Wildman–Crippen MR) is 84.5 cm³/mol. The topological polar surface area (TPSA) is 82.2 Å². The van der Waals surface area contributed by atoms with Crippen LogP contribution >= 0.6 is 22.7 Å². The van der Waals surface area contributed by atoms with Crippen LogP contribution in [0.2, 0.25) is 0 Å². The lowest BCUT2D eigenvalue weighted by molar-refractivity contribution is 0.0950. The summed E-state index contributed by atoms with van der Waals surface area (Å²) in [5.74, 6) is -0.807. The van der Waals surface area contributed by atoms with Gasteiger partial charge >= 0.3 is 0 Å². The summed E-state index contributed by atoms with van der Waals surface area (Å²) in [6.45, 7) is 0.417. The third kappa shape index (κ3) is 2.70. The number of hydrogen-bond donors (Lipinski definition) is 3. The average Bonchev–Trinajstić information content (AvgIpc) is 3.09. The Hall–Kier alpha value is -2.12. The molecular weight excluding hydrogens is 308 g/mol. The zero-order valence-electron chi connectivity index (χ0n) is 10.9. The molecule has 0 atom stereocenters. The molecule has 0 unspecified atom stereocenters. The van der Waals surface area contributed by atoms with Crippen LogP contribution in [0.5, 0.6) is 5.75 Å². The molecule has 0 saturated carbocycles. The number of aromatic nitrogens is 1. The summed E-state index contributed by atoms with van der Waals surface area (Å²) >= 11 is 2.89. The van der Waals surface area contributed by atoms with Crippen LogP contribution in [0.25, 0.3) is 10.2 Å². The van der Waals surface area contributed by atoms with Gasteiger partial charge in [-0.25, -0.2) is 0 Å². The largest absolute Gasteiger partial charge is 0.505 e. The third-order valence-electron chi connectivity index (χ3n) is 3.06. The van der Waals surface area contributed by atoms with E-state index in [0.29, 0.717) is 23.2 Å². The van der Waals surface area contributed by atoms with E-state index < -0.39 is 11.5 Å². The Labute approximate surface area is 127 Å². The highest BCUT2D eigenvalue weighted by atomic mass is 32.1. The van der Waals surface area contributed by atoms with Crippen molar-refractivity contribution >= 4 is 38.8 Å². The maximum Gasteiger partial charge on any atom is 0.265 e. The van der Waals surface area contributed by atoms with Crippen LogP contribution in [0.4, 0.5) is 0 Å². The molecule has 0 radical (unpaired) electrons. The van der Waals surface area contributed by atoms with Crippen molar-refractivity contribution in [2.75, 3.05) is 6.54 Å². The highest BCUT2D eigenvalue weighted by Gasteiger charge is 2.19. The molecule has 0 aliphatic carbocycles. The molecule has 7 heteroatoms. The first-order chi connectivity index (χ1) is 10.2. The van der Waals surface area contributed by atoms with Gasteiger partial charge in [0.2, 0.25) is 0 Å². The summed E-state index contributed by atoms with van der Waals surface area (Å²) in [6, 6.07) is 5.63. The Bertz CT molecular complexity index is 834. The van der Waals surface area contributed by atoms with Crippen LogP contribution in [0.15, 0.2) is 33.8 Å². The average molecular weight is 320 g/mol. The zero-order chi connectivity index (χ0) is 14.8. The second-order valence-corrected chi connectivity index (χ2v) is 6.37. The second kappa shape index (κ2) is 5.71. The van der Waals surface area contributed by atoms with Crippen molar-refractivity contribution in [1.29, 1.82) is 0 Å². The minimum absolute atomic E-state index is 0.226. The van der Waals surface area contributed by atoms with Gasteiger partial charge in [0.15, 0.2) is 5.75 Å². The van der Waals surface area contributed by atoms with Gasteiger partial charge in [-0.15, -0.1) is 22.7 Å². The van der Waals surface area contributed by atoms with Crippen LogP contribution in [-0.4, -0.2) is 22.5 Å². The van der Waals surface area contributed by atoms with Crippen molar-refractivity contribution in [1.82, 2.24) is 10.3 Å². The number of hydrogen-bond acceptors (Lipinski definition) is 5. The summed E-state index contributed by atoms with van der Waals surface area (Å²) in [5, 5.41) is 16.5. The lowest BCUT2D eigenvalue weighted by Gasteiger charge is -2.06. The first kappa shape index (κ1) is 13.8. The molecule has 0 saturated heterocycles. The molecule has 0 aromatic carbocycles. The Morgan fingerprint density at radius 1 is 1.29 bits per heavy atom. The Balaban J connectivity index is 1.79. The SMILES string of the molecule is O=C(NCCc1cccs1)c1c(O)c2sccc2[nH]c1=O. The maximum absolute atomic E-state index is 12.1. The molecule has 3 N–H and O–H groups in total. The number of pyridine rings is 1. The fourth-order valence-corrected chi connectivity index (χ4v) is 3.56. The summed E-state index contributed by atoms with van der Waals surface area (Å²) < 4.78 is 0.512. The minimum atomic E-state index is -0.577. The minimum Gasteiger partial charge on any atom is -0.505 e. The number of nitrogens with one attached hydrogen (secondary N) is 2. The number of thiophene rings is 2. The molecule has 3 heterocycles. The van der Waals surface area contributed by atoms with Crippen molar-refractivity contribution in [2.45, 2.75) is 6.42 Å². The van der Waals surface area contributed by atoms with E-state index in [0.717, 1.165) is 4.88 Å². The fraction of sp³-hybridized carbons (Fsp3) is 0.143. The number of amides is 1. The summed E-state index contributed by atoms with van der Waals surface area (Å²) in [7, 11) is 0. The molecule has 108 valence electrons. The number of rotatable bonds is 4. The molecule has 0 bridgehead atoms. The van der Waals surface area contributed by atoms with Gasteiger partial charge in [-0.2, -0.15) is 0 Å². The van der Waals surface area contributed by atoms with Gasteiger partial charge in [0.1, 0.15) is 5.56 Å². The van der Waals surface area contributed by atoms with Crippen molar-refractivity contribution in [3.05, 3.63) is 49.8 Å². The van der Waals surface area contributed by atoms with Gasteiger partial charge < -0.3 is 15.4 Å². The molecule has 21 heavy (non-hydrogen) atoms. The molecule has 3 aromatic rings. The number of H-pyrrole nitrogens is 1. The van der Waals surface area contributed by atoms with Gasteiger partial charge in [-0.3, -0.25) is 9.59 Å². The molecule has 0 aliphatic rings. The second-order valence-electron chi connectivity index (χ2n) is 4.43. The predicted octanol–water partition coefficient (Wildman–Crippen LogP) is 2.33. The van der Waals surface area contributed by atoms with Gasteiger partial charge in [-0.1, -0.05) is 6.07 Å². The van der Waals surface area contributed by atoms with Crippen LogP contribution < -0.4 is 10.9 Å². The molecule has 0 aliphatic heterocycles. The van der Waals surface area contributed by atoms with E-state index in [1.165, 1.54) is 11.3 Å². The Kier molecular flexibility index (Phi) is 3.76. The summed E-state index contributed by atoms with van der Waals surface area (Å²) in [5.41, 5.74) is -0.263. The number of aromatic amines is 1. The molecule has 0 fully saturated rings. The number of fused-ring (bicyclic) bond motifs is 1. The van der Waals surface area contributed by atoms with E-state index in [-0.39, 0.29) is 11.3 Å². The monoisotopic (exact) mass is 320 g/mol. The lowest BCUT2D eigenvalue weighted by atomic mass is 10.2. The van der Waals surface area contributed by atoms with Crippen molar-refractivity contribution in [3.63, 3.8) is 0 Å². The Morgan fingerprint density at radius 3 is 2.90 bits per heavy atom. The summed E-state index contributed by atoms with van der Waals surface area (Å²) in [6.07, 6.45) is 0.698. The first-order valence-electron chi connectivity index (χ1n) is 6.30. The van der Waals surface area contributed by atoms with E-state index in [9.17, 15) is 14.7 Å². The van der Waals surface area contributed by atoms with E-state index >= 15 is 0 Å². The maximum atomic E-state index is 12.1. The molecule has 5 nitrogen and oxygen atoms in total. The molecule has 3 aromatic heterocycles. The lowest BCUT2D eigenvalue weighted by Crippen LogP contribution is -2.31. The number of aromatic hydroxyl groups is 1. The first-order valence-corrected chi connectivity index (χ1v) is 8.06. The molecule has 0 spiro atoms. The molecule has 3 rings (SSSR count). The highest BCUT2D eigenvalue weighted by Crippen LogP contribution is 2.29. The van der Waals surface area contributed by atoms with E-state index in [1.807, 2.05) is 17.5 Å². The van der Waals surface area contributed by atoms with Gasteiger partial charge in [0, 0.05) is 11.4 Å². The smallest absolute Gasteiger partial charge is 0.265 e. The van der Waals surface area contributed by atoms with E-state index in [1.54, 1.807) is 22.8 Å². The highest BCUT2D eigenvalue weighted by molar-refractivity contribution is 7.17. The van der Waals surface area contributed by atoms with E-state index in [2.05, 4.69) is 10.3 Å². The third-order valence-corrected chi connectivity index (χ3v) is 4.91. The zero-order valence-corrected chi connectivity index (χ0v) is 12.5. The van der Waals surface area contributed by atoms with Crippen LogP contribution in [0.1, 0.15) is 15.2 Å². The standard InChI is InChI=1S/C14H12N2O3S2/c17-11-10(14(19)16-9-4-7-21-12(9)11)13(18)15-5-3-8-2-1-6-20-8/h1-2,4,6-7H,3,5H2,(H,15,18)(H2,16,17,19). The quantitative estimate of drug-likeness (QED) is 0.690. The summed E-state index contributed by atoms with van der Waals surface area (Å²) in [4.78, 5) is 27.8. The molecular formula is C14H12N2O3S2. The van der Waals surface area contributed by atoms with Gasteiger partial charge in [0.05, 0.1) is 10.2 Å².